The minimum Gasteiger partial charge on any atom is -0.497 e. The highest BCUT2D eigenvalue weighted by atomic mass is 32.2. The number of nitrogens with one attached hydrogen (secondary N) is 1. The van der Waals surface area contributed by atoms with Gasteiger partial charge in [0.15, 0.2) is 0 Å². The van der Waals surface area contributed by atoms with E-state index in [1.54, 1.807) is 33.1 Å². The summed E-state index contributed by atoms with van der Waals surface area (Å²) >= 11 is 0. The predicted octanol–water partition coefficient (Wildman–Crippen LogP) is 3.97. The van der Waals surface area contributed by atoms with E-state index in [4.69, 9.17) is 4.74 Å². The topological polar surface area (TPSA) is 55.4 Å². The van der Waals surface area contributed by atoms with E-state index in [1.807, 2.05) is 39.0 Å². The van der Waals surface area contributed by atoms with Crippen LogP contribution >= 0.6 is 0 Å². The van der Waals surface area contributed by atoms with Crippen molar-refractivity contribution in [3.8, 4) is 5.75 Å². The molecule has 24 heavy (non-hydrogen) atoms. The summed E-state index contributed by atoms with van der Waals surface area (Å²) < 4.78 is 33.7. The Kier molecular flexibility index (Phi) is 5.35. The molecule has 0 radical (unpaired) electrons. The molecule has 0 saturated heterocycles. The zero-order chi connectivity index (χ0) is 18.1. The molecule has 1 atom stereocenters. The maximum atomic E-state index is 12.9. The molecular formula is C19H25NO3S. The van der Waals surface area contributed by atoms with E-state index in [2.05, 4.69) is 4.72 Å². The van der Waals surface area contributed by atoms with E-state index in [-0.39, 0.29) is 6.04 Å². The fraction of sp³-hybridized carbons (Fsp3) is 0.368. The van der Waals surface area contributed by atoms with Gasteiger partial charge in [-0.05, 0) is 74.6 Å². The highest BCUT2D eigenvalue weighted by Gasteiger charge is 2.23. The number of ether oxygens (including phenoxy) is 1. The quantitative estimate of drug-likeness (QED) is 0.890. The Hall–Kier alpha value is -1.85. The van der Waals surface area contributed by atoms with Crippen molar-refractivity contribution in [2.45, 2.75) is 45.6 Å². The third-order valence-corrected chi connectivity index (χ3v) is 6.15. The molecule has 2 aromatic carbocycles. The first-order valence-electron chi connectivity index (χ1n) is 7.90. The van der Waals surface area contributed by atoms with Gasteiger partial charge in [-0.3, -0.25) is 0 Å². The predicted molar refractivity (Wildman–Crippen MR) is 97.1 cm³/mol. The SMILES string of the molecule is COc1cc(C)c(S(=O)(=O)N[C@H](C)c2ccc(C)c(C)c2)c(C)c1. The fourth-order valence-electron chi connectivity index (χ4n) is 2.85. The molecule has 2 aromatic rings. The molecule has 0 amide bonds. The third kappa shape index (κ3) is 3.79. The monoisotopic (exact) mass is 347 g/mol. The van der Waals surface area contributed by atoms with Crippen LogP contribution in [0.25, 0.3) is 0 Å². The Bertz CT molecular complexity index is 834. The van der Waals surface area contributed by atoms with E-state index in [9.17, 15) is 8.42 Å². The van der Waals surface area contributed by atoms with Gasteiger partial charge in [0.2, 0.25) is 10.0 Å². The first-order chi connectivity index (χ1) is 11.2. The molecule has 0 heterocycles. The normalized spacial score (nSPS) is 12.9. The van der Waals surface area contributed by atoms with Crippen LogP contribution in [0.15, 0.2) is 35.2 Å². The van der Waals surface area contributed by atoms with E-state index in [0.29, 0.717) is 21.8 Å². The van der Waals surface area contributed by atoms with Crippen molar-refractivity contribution in [3.05, 3.63) is 58.1 Å². The minimum absolute atomic E-state index is 0.310. The zero-order valence-electron chi connectivity index (χ0n) is 15.1. The van der Waals surface area contributed by atoms with Gasteiger partial charge in [-0.15, -0.1) is 0 Å². The van der Waals surface area contributed by atoms with Gasteiger partial charge in [-0.2, -0.15) is 0 Å². The maximum Gasteiger partial charge on any atom is 0.241 e. The molecule has 2 rings (SSSR count). The van der Waals surface area contributed by atoms with Crippen LogP contribution in [-0.4, -0.2) is 15.5 Å². The molecule has 0 unspecified atom stereocenters. The van der Waals surface area contributed by atoms with Gasteiger partial charge in [0.05, 0.1) is 12.0 Å². The first-order valence-corrected chi connectivity index (χ1v) is 9.38. The number of hydrogen-bond acceptors (Lipinski definition) is 3. The van der Waals surface area contributed by atoms with E-state index >= 15 is 0 Å². The number of sulfonamides is 1. The molecule has 4 nitrogen and oxygen atoms in total. The average molecular weight is 347 g/mol. The average Bonchev–Trinajstić information content (AvgIpc) is 2.48. The van der Waals surface area contributed by atoms with Crippen molar-refractivity contribution in [3.63, 3.8) is 0 Å². The minimum atomic E-state index is -3.62. The summed E-state index contributed by atoms with van der Waals surface area (Å²) in [5.74, 6) is 0.658. The van der Waals surface area contributed by atoms with Crippen molar-refractivity contribution in [2.75, 3.05) is 7.11 Å². The van der Waals surface area contributed by atoms with Crippen LogP contribution in [0.5, 0.6) is 5.75 Å². The zero-order valence-corrected chi connectivity index (χ0v) is 15.9. The first kappa shape index (κ1) is 18.5. The molecular weight excluding hydrogens is 322 g/mol. The number of hydrogen-bond donors (Lipinski definition) is 1. The maximum absolute atomic E-state index is 12.9. The number of methoxy groups -OCH3 is 1. The van der Waals surface area contributed by atoms with Crippen LogP contribution in [0.2, 0.25) is 0 Å². The lowest BCUT2D eigenvalue weighted by Crippen LogP contribution is -2.28. The molecule has 0 aliphatic heterocycles. The lowest BCUT2D eigenvalue weighted by molar-refractivity contribution is 0.413. The van der Waals surface area contributed by atoms with E-state index < -0.39 is 10.0 Å². The van der Waals surface area contributed by atoms with Gasteiger partial charge >= 0.3 is 0 Å². The van der Waals surface area contributed by atoms with E-state index in [0.717, 1.165) is 11.1 Å². The van der Waals surface area contributed by atoms with Gasteiger partial charge in [0, 0.05) is 6.04 Å². The van der Waals surface area contributed by atoms with Gasteiger partial charge < -0.3 is 4.74 Å². The molecule has 0 fully saturated rings. The summed E-state index contributed by atoms with van der Waals surface area (Å²) in [6.07, 6.45) is 0. The summed E-state index contributed by atoms with van der Waals surface area (Å²) in [6, 6.07) is 9.17. The summed E-state index contributed by atoms with van der Waals surface area (Å²) in [5.41, 5.74) is 4.63. The Morgan fingerprint density at radius 2 is 1.50 bits per heavy atom. The van der Waals surface area contributed by atoms with Crippen molar-refractivity contribution >= 4 is 10.0 Å². The summed E-state index contributed by atoms with van der Waals surface area (Å²) in [7, 11) is -2.05. The Balaban J connectivity index is 2.36. The van der Waals surface area contributed by atoms with Crippen molar-refractivity contribution in [2.24, 2.45) is 0 Å². The standard InChI is InChI=1S/C19H25NO3S/c1-12-7-8-17(9-13(12)2)16(5)20-24(21,22)19-14(3)10-18(23-6)11-15(19)4/h7-11,16,20H,1-6H3/t16-/m1/s1. The van der Waals surface area contributed by atoms with Crippen LogP contribution in [0.1, 0.15) is 40.8 Å². The molecule has 0 aromatic heterocycles. The molecule has 0 aliphatic carbocycles. The van der Waals surface area contributed by atoms with E-state index in [1.165, 1.54) is 5.56 Å². The summed E-state index contributed by atoms with van der Waals surface area (Å²) in [4.78, 5) is 0.319. The van der Waals surface area contributed by atoms with Gasteiger partial charge in [-0.25, -0.2) is 13.1 Å². The van der Waals surface area contributed by atoms with Gasteiger partial charge in [0.25, 0.3) is 0 Å². The van der Waals surface area contributed by atoms with Crippen molar-refractivity contribution < 1.29 is 13.2 Å². The molecule has 0 saturated carbocycles. The van der Waals surface area contributed by atoms with Gasteiger partial charge in [-0.1, -0.05) is 18.2 Å². The molecule has 0 bridgehead atoms. The second-order valence-electron chi connectivity index (χ2n) is 6.28. The van der Waals surface area contributed by atoms with Crippen molar-refractivity contribution in [1.82, 2.24) is 4.72 Å². The second-order valence-corrected chi connectivity index (χ2v) is 7.93. The lowest BCUT2D eigenvalue weighted by Gasteiger charge is -2.18. The van der Waals surface area contributed by atoms with Crippen LogP contribution in [0.3, 0.4) is 0 Å². The fourth-order valence-corrected chi connectivity index (χ4v) is 4.53. The molecule has 5 heteroatoms. The Morgan fingerprint density at radius 1 is 0.917 bits per heavy atom. The van der Waals surface area contributed by atoms with Crippen LogP contribution in [-0.2, 0) is 10.0 Å². The summed E-state index contributed by atoms with van der Waals surface area (Å²) in [5, 5.41) is 0. The molecule has 0 spiro atoms. The molecule has 0 aliphatic rings. The molecule has 1 N–H and O–H groups in total. The highest BCUT2D eigenvalue weighted by molar-refractivity contribution is 7.89. The Morgan fingerprint density at radius 3 is 2.00 bits per heavy atom. The Labute approximate surface area is 144 Å². The highest BCUT2D eigenvalue weighted by Crippen LogP contribution is 2.27. The van der Waals surface area contributed by atoms with Crippen LogP contribution in [0, 0.1) is 27.7 Å². The number of aryl methyl sites for hydroxylation is 4. The molecule has 130 valence electrons. The van der Waals surface area contributed by atoms with Crippen molar-refractivity contribution in [1.29, 1.82) is 0 Å². The summed E-state index contributed by atoms with van der Waals surface area (Å²) in [6.45, 7) is 9.49. The van der Waals surface area contributed by atoms with Crippen LogP contribution in [0.4, 0.5) is 0 Å². The second kappa shape index (κ2) is 6.95. The number of rotatable bonds is 5. The number of benzene rings is 2. The van der Waals surface area contributed by atoms with Crippen LogP contribution < -0.4 is 9.46 Å². The largest absolute Gasteiger partial charge is 0.497 e. The van der Waals surface area contributed by atoms with Gasteiger partial charge in [0.1, 0.15) is 5.75 Å². The lowest BCUT2D eigenvalue weighted by atomic mass is 10.0. The third-order valence-electron chi connectivity index (χ3n) is 4.30. The smallest absolute Gasteiger partial charge is 0.241 e.